The van der Waals surface area contributed by atoms with Gasteiger partial charge in [0.25, 0.3) is 5.91 Å². The number of amidine groups is 1. The molecule has 2 atom stereocenters. The number of benzene rings is 1. The number of piperidine rings is 1. The highest BCUT2D eigenvalue weighted by molar-refractivity contribution is 7.91. The standard InChI is InChI=1S/C21H26N6O3S/c1-26(2)18-11-15(8-9-23-18)21(28)27-10-4-5-14(12-27)13-30-17-7-3-6-16-19(17)20(22)25-31(29)24-16/h3,6-9,11,14,24H,4-5,10,12-13H2,1-2H3,(H2,22,25). The van der Waals surface area contributed by atoms with Gasteiger partial charge in [-0.05, 0) is 41.5 Å². The highest BCUT2D eigenvalue weighted by atomic mass is 32.2. The van der Waals surface area contributed by atoms with Crippen LogP contribution in [0.4, 0.5) is 11.5 Å². The number of fused-ring (bicyclic) bond motifs is 1. The van der Waals surface area contributed by atoms with E-state index in [1.165, 1.54) is 0 Å². The molecule has 2 aliphatic heterocycles. The Labute approximate surface area is 184 Å². The van der Waals surface area contributed by atoms with Crippen molar-refractivity contribution in [1.29, 1.82) is 0 Å². The Morgan fingerprint density at radius 3 is 3.06 bits per heavy atom. The van der Waals surface area contributed by atoms with Gasteiger partial charge in [-0.2, -0.15) is 4.72 Å². The first-order valence-electron chi connectivity index (χ1n) is 10.1. The molecule has 0 spiro atoms. The molecule has 1 aromatic heterocycles. The van der Waals surface area contributed by atoms with Crippen molar-refractivity contribution in [1.82, 2.24) is 9.88 Å². The van der Waals surface area contributed by atoms with Gasteiger partial charge in [-0.3, -0.25) is 4.79 Å². The number of carbonyl (C=O) groups excluding carboxylic acids is 1. The number of rotatable bonds is 5. The monoisotopic (exact) mass is 442 g/mol. The van der Waals surface area contributed by atoms with Crippen LogP contribution in [-0.4, -0.2) is 60.0 Å². The molecule has 3 N–H and O–H groups in total. The van der Waals surface area contributed by atoms with Gasteiger partial charge in [0.15, 0.2) is 5.84 Å². The molecular formula is C21H26N6O3S. The van der Waals surface area contributed by atoms with E-state index < -0.39 is 11.5 Å². The maximum absolute atomic E-state index is 13.0. The Bertz CT molecular complexity index is 999. The molecule has 1 aromatic carbocycles. The van der Waals surface area contributed by atoms with Crippen LogP contribution in [0.2, 0.25) is 0 Å². The SMILES string of the molecule is CN(C)c1cc(C(=O)N2CCCC(COc3cccc4c3C(N)=N[S+]([O-])N4)C2)ccn1. The van der Waals surface area contributed by atoms with Crippen LogP contribution < -0.4 is 20.1 Å². The second-order valence-corrected chi connectivity index (χ2v) is 8.76. The van der Waals surface area contributed by atoms with Crippen LogP contribution in [-0.2, 0) is 11.5 Å². The normalized spacial score (nSPS) is 20.4. The molecule has 0 aliphatic carbocycles. The third-order valence-corrected chi connectivity index (χ3v) is 6.15. The maximum Gasteiger partial charge on any atom is 0.254 e. The molecule has 164 valence electrons. The molecule has 10 heteroatoms. The van der Waals surface area contributed by atoms with E-state index in [1.54, 1.807) is 18.3 Å². The number of amides is 1. The molecule has 0 bridgehead atoms. The fourth-order valence-corrected chi connectivity index (χ4v) is 4.50. The number of hydrogen-bond acceptors (Lipinski definition) is 8. The number of ether oxygens (including phenoxy) is 1. The van der Waals surface area contributed by atoms with Crippen LogP contribution in [0.3, 0.4) is 0 Å². The highest BCUT2D eigenvalue weighted by Gasteiger charge is 2.28. The van der Waals surface area contributed by atoms with E-state index >= 15 is 0 Å². The molecule has 2 aliphatic rings. The molecular weight excluding hydrogens is 416 g/mol. The molecule has 1 saturated heterocycles. The van der Waals surface area contributed by atoms with Crippen LogP contribution in [0.1, 0.15) is 28.8 Å². The molecule has 4 rings (SSSR count). The zero-order valence-electron chi connectivity index (χ0n) is 17.6. The fourth-order valence-electron chi connectivity index (χ4n) is 3.82. The predicted octanol–water partition coefficient (Wildman–Crippen LogP) is 1.79. The first-order valence-corrected chi connectivity index (χ1v) is 11.2. The summed E-state index contributed by atoms with van der Waals surface area (Å²) in [5.41, 5.74) is 7.88. The maximum atomic E-state index is 13.0. The lowest BCUT2D eigenvalue weighted by Crippen LogP contribution is -2.41. The number of nitrogens with zero attached hydrogens (tertiary/aromatic N) is 4. The van der Waals surface area contributed by atoms with Gasteiger partial charge in [0, 0.05) is 44.9 Å². The number of carbonyl (C=O) groups is 1. The third kappa shape index (κ3) is 4.70. The van der Waals surface area contributed by atoms with Gasteiger partial charge in [-0.25, -0.2) is 4.98 Å². The van der Waals surface area contributed by atoms with E-state index in [2.05, 4.69) is 14.1 Å². The zero-order valence-corrected chi connectivity index (χ0v) is 18.4. The van der Waals surface area contributed by atoms with Crippen LogP contribution in [0.5, 0.6) is 5.75 Å². The van der Waals surface area contributed by atoms with Crippen LogP contribution in [0.25, 0.3) is 0 Å². The molecule has 0 saturated carbocycles. The zero-order chi connectivity index (χ0) is 22.0. The minimum atomic E-state index is -1.58. The van der Waals surface area contributed by atoms with Crippen LogP contribution in [0, 0.1) is 5.92 Å². The van der Waals surface area contributed by atoms with E-state index in [-0.39, 0.29) is 17.7 Å². The summed E-state index contributed by atoms with van der Waals surface area (Å²) >= 11 is -1.58. The van der Waals surface area contributed by atoms with Gasteiger partial charge in [0.1, 0.15) is 11.6 Å². The van der Waals surface area contributed by atoms with Crippen LogP contribution >= 0.6 is 0 Å². The Kier molecular flexibility index (Phi) is 6.19. The Balaban J connectivity index is 1.42. The van der Waals surface area contributed by atoms with Crippen molar-refractivity contribution in [3.63, 3.8) is 0 Å². The van der Waals surface area contributed by atoms with E-state index in [0.717, 1.165) is 25.2 Å². The van der Waals surface area contributed by atoms with E-state index in [1.807, 2.05) is 42.1 Å². The Morgan fingerprint density at radius 1 is 1.42 bits per heavy atom. The molecule has 9 nitrogen and oxygen atoms in total. The largest absolute Gasteiger partial charge is 0.566 e. The van der Waals surface area contributed by atoms with Crippen molar-refractivity contribution in [3.05, 3.63) is 47.7 Å². The Morgan fingerprint density at radius 2 is 2.26 bits per heavy atom. The minimum absolute atomic E-state index is 0.00958. The predicted molar refractivity (Wildman–Crippen MR) is 122 cm³/mol. The summed E-state index contributed by atoms with van der Waals surface area (Å²) in [6, 6.07) is 9.00. The molecule has 1 amide bonds. The lowest BCUT2D eigenvalue weighted by atomic mass is 9.98. The molecule has 2 unspecified atom stereocenters. The number of anilines is 2. The summed E-state index contributed by atoms with van der Waals surface area (Å²) in [7, 11) is 3.80. The minimum Gasteiger partial charge on any atom is -0.566 e. The molecule has 1 fully saturated rings. The quantitative estimate of drug-likeness (QED) is 0.678. The summed E-state index contributed by atoms with van der Waals surface area (Å²) < 4.78 is 24.4. The lowest BCUT2D eigenvalue weighted by Gasteiger charge is -2.33. The van der Waals surface area contributed by atoms with Crippen molar-refractivity contribution in [2.75, 3.05) is 43.4 Å². The van der Waals surface area contributed by atoms with Crippen molar-refractivity contribution < 1.29 is 14.1 Å². The van der Waals surface area contributed by atoms with Gasteiger partial charge in [0.05, 0.1) is 17.9 Å². The highest BCUT2D eigenvalue weighted by Crippen LogP contribution is 2.31. The van der Waals surface area contributed by atoms with Crippen molar-refractivity contribution >= 4 is 34.8 Å². The second kappa shape index (κ2) is 9.03. The lowest BCUT2D eigenvalue weighted by molar-refractivity contribution is 0.0633. The van der Waals surface area contributed by atoms with Gasteiger partial charge >= 0.3 is 0 Å². The van der Waals surface area contributed by atoms with Gasteiger partial charge < -0.3 is 24.8 Å². The van der Waals surface area contributed by atoms with Crippen LogP contribution in [0.15, 0.2) is 40.9 Å². The smallest absolute Gasteiger partial charge is 0.254 e. The van der Waals surface area contributed by atoms with Gasteiger partial charge in [0.2, 0.25) is 11.5 Å². The third-order valence-electron chi connectivity index (χ3n) is 5.39. The van der Waals surface area contributed by atoms with Crippen molar-refractivity contribution in [3.8, 4) is 5.75 Å². The second-order valence-electron chi connectivity index (χ2n) is 7.87. The molecule has 31 heavy (non-hydrogen) atoms. The summed E-state index contributed by atoms with van der Waals surface area (Å²) in [6.45, 7) is 1.81. The fraction of sp³-hybridized carbons (Fsp3) is 0.381. The van der Waals surface area contributed by atoms with E-state index in [9.17, 15) is 9.35 Å². The first-order chi connectivity index (χ1) is 14.9. The van der Waals surface area contributed by atoms with Gasteiger partial charge in [-0.15, -0.1) is 0 Å². The summed E-state index contributed by atoms with van der Waals surface area (Å²) in [4.78, 5) is 21.1. The number of aromatic nitrogens is 1. The Hall–Kier alpha value is -2.98. The number of hydrogen-bond donors (Lipinski definition) is 2. The number of likely N-dealkylation sites (tertiary alicyclic amines) is 1. The summed E-state index contributed by atoms with van der Waals surface area (Å²) in [6.07, 6.45) is 3.56. The first kappa shape index (κ1) is 21.3. The number of nitrogens with one attached hydrogen (secondary N) is 1. The van der Waals surface area contributed by atoms with E-state index in [4.69, 9.17) is 10.5 Å². The average Bonchev–Trinajstić information content (AvgIpc) is 2.77. The van der Waals surface area contributed by atoms with Crippen molar-refractivity contribution in [2.45, 2.75) is 12.8 Å². The molecule has 3 heterocycles. The molecule has 0 radical (unpaired) electrons. The summed E-state index contributed by atoms with van der Waals surface area (Å²) in [5.74, 6) is 1.75. The summed E-state index contributed by atoms with van der Waals surface area (Å²) in [5, 5.41) is 0. The van der Waals surface area contributed by atoms with Crippen molar-refractivity contribution in [2.24, 2.45) is 16.0 Å². The topological polar surface area (TPSA) is 119 Å². The van der Waals surface area contributed by atoms with E-state index in [0.29, 0.717) is 35.7 Å². The number of nitrogens with two attached hydrogens (primary N) is 1. The number of pyridine rings is 1. The van der Waals surface area contributed by atoms with Gasteiger partial charge in [-0.1, -0.05) is 6.07 Å². The molecule has 2 aromatic rings. The average molecular weight is 443 g/mol.